The van der Waals surface area contributed by atoms with Gasteiger partial charge in [0.05, 0.1) is 6.61 Å². The Morgan fingerprint density at radius 3 is 3.18 bits per heavy atom. The molecule has 1 aromatic carbocycles. The molecular weight excluding hydrogens is 302 g/mol. The van der Waals surface area contributed by atoms with Crippen molar-refractivity contribution in [1.82, 2.24) is 5.32 Å². The van der Waals surface area contributed by atoms with E-state index in [1.54, 1.807) is 5.54 Å². The molecule has 1 heterocycles. The third kappa shape index (κ3) is 3.24. The molecule has 0 aromatic heterocycles. The van der Waals surface area contributed by atoms with Crippen molar-refractivity contribution < 1.29 is 4.74 Å². The Kier molecular flexibility index (Phi) is 4.48. The third-order valence-corrected chi connectivity index (χ3v) is 3.56. The van der Waals surface area contributed by atoms with Gasteiger partial charge >= 0.3 is 0 Å². The van der Waals surface area contributed by atoms with E-state index in [9.17, 15) is 0 Å². The molecule has 2 rings (SSSR count). The normalized spacial score (nSPS) is 14.6. The summed E-state index contributed by atoms with van der Waals surface area (Å²) >= 11 is 9.15. The minimum absolute atomic E-state index is 0.791. The van der Waals surface area contributed by atoms with E-state index < -0.39 is 0 Å². The van der Waals surface area contributed by atoms with Crippen LogP contribution in [0.5, 0.6) is 5.75 Å². The van der Waals surface area contributed by atoms with Crippen LogP contribution in [0.3, 0.4) is 0 Å². The Morgan fingerprint density at radius 1 is 1.59 bits per heavy atom. The highest BCUT2D eigenvalue weighted by Gasteiger charge is 2.16. The molecule has 0 saturated carbocycles. The van der Waals surface area contributed by atoms with Crippen LogP contribution < -0.4 is 10.1 Å². The number of nitrogens with one attached hydrogen (secondary N) is 1. The summed E-state index contributed by atoms with van der Waals surface area (Å²) in [5.41, 5.74) is 5.23. The lowest BCUT2D eigenvalue weighted by atomic mass is 10.1. The number of fused-ring (bicyclic) bond motifs is 1. The van der Waals surface area contributed by atoms with Gasteiger partial charge in [0.25, 0.3) is 0 Å². The fourth-order valence-corrected chi connectivity index (χ4v) is 2.54. The third-order valence-electron chi connectivity index (χ3n) is 2.73. The zero-order valence-corrected chi connectivity index (χ0v) is 12.1. The Morgan fingerprint density at radius 2 is 2.41 bits per heavy atom. The molecule has 0 fully saturated rings. The molecule has 92 valence electrons. The van der Waals surface area contributed by atoms with Crippen molar-refractivity contribution in [3.05, 3.63) is 38.8 Å². The van der Waals surface area contributed by atoms with Crippen LogP contribution in [-0.4, -0.2) is 13.2 Å². The molecule has 0 bridgehead atoms. The van der Waals surface area contributed by atoms with Crippen molar-refractivity contribution in [2.24, 2.45) is 0 Å². The van der Waals surface area contributed by atoms with Crippen molar-refractivity contribution >= 4 is 27.5 Å². The quantitative estimate of drug-likeness (QED) is 0.916. The Hall–Kier alpha value is -0.510. The van der Waals surface area contributed by atoms with Gasteiger partial charge in [0.15, 0.2) is 0 Å². The maximum atomic E-state index is 5.67. The Labute approximate surface area is 115 Å². The summed E-state index contributed by atoms with van der Waals surface area (Å²) in [5, 5.41) is 3.36. The Bertz CT molecular complexity index is 445. The maximum absolute atomic E-state index is 5.67. The monoisotopic (exact) mass is 315 g/mol. The molecule has 0 saturated heterocycles. The summed E-state index contributed by atoms with van der Waals surface area (Å²) in [7, 11) is 0. The van der Waals surface area contributed by atoms with Gasteiger partial charge in [-0.1, -0.05) is 27.5 Å². The van der Waals surface area contributed by atoms with Crippen molar-refractivity contribution in [3.8, 4) is 5.75 Å². The molecule has 1 aliphatic rings. The lowest BCUT2D eigenvalue weighted by Crippen LogP contribution is -2.16. The fourth-order valence-electron chi connectivity index (χ4n) is 1.91. The van der Waals surface area contributed by atoms with Crippen LogP contribution in [0.1, 0.15) is 18.1 Å². The van der Waals surface area contributed by atoms with Crippen LogP contribution in [0, 0.1) is 0 Å². The molecule has 0 amide bonds. The van der Waals surface area contributed by atoms with Crippen LogP contribution in [0.15, 0.2) is 27.7 Å². The van der Waals surface area contributed by atoms with Crippen molar-refractivity contribution in [2.45, 2.75) is 19.9 Å². The highest BCUT2D eigenvalue weighted by molar-refractivity contribution is 9.10. The summed E-state index contributed by atoms with van der Waals surface area (Å²) in [4.78, 5) is 0. The van der Waals surface area contributed by atoms with E-state index in [1.165, 1.54) is 11.1 Å². The van der Waals surface area contributed by atoms with E-state index in [4.69, 9.17) is 16.3 Å². The molecule has 4 heteroatoms. The van der Waals surface area contributed by atoms with E-state index in [0.29, 0.717) is 0 Å². The van der Waals surface area contributed by atoms with Crippen molar-refractivity contribution in [2.75, 3.05) is 13.2 Å². The number of ether oxygens (including phenoxy) is 1. The highest BCUT2D eigenvalue weighted by atomic mass is 79.9. The zero-order valence-electron chi connectivity index (χ0n) is 9.72. The van der Waals surface area contributed by atoms with Crippen LogP contribution in [-0.2, 0) is 13.0 Å². The second-order valence-corrected chi connectivity index (χ2v) is 5.34. The smallest absolute Gasteiger partial charge is 0.127 e. The van der Waals surface area contributed by atoms with Gasteiger partial charge in [-0.25, -0.2) is 0 Å². The van der Waals surface area contributed by atoms with E-state index >= 15 is 0 Å². The number of hydrogen-bond donors (Lipinski definition) is 1. The molecule has 1 N–H and O–H groups in total. The average molecular weight is 317 g/mol. The van der Waals surface area contributed by atoms with Gasteiger partial charge in [0, 0.05) is 35.1 Å². The van der Waals surface area contributed by atoms with Gasteiger partial charge < -0.3 is 10.1 Å². The van der Waals surface area contributed by atoms with Gasteiger partial charge in [0.1, 0.15) is 5.75 Å². The van der Waals surface area contributed by atoms with E-state index in [-0.39, 0.29) is 0 Å². The average Bonchev–Trinajstić information content (AvgIpc) is 2.76. The van der Waals surface area contributed by atoms with Gasteiger partial charge in [0.2, 0.25) is 0 Å². The molecule has 0 aliphatic carbocycles. The van der Waals surface area contributed by atoms with Crippen molar-refractivity contribution in [3.63, 3.8) is 0 Å². The zero-order chi connectivity index (χ0) is 12.3. The van der Waals surface area contributed by atoms with Gasteiger partial charge in [-0.05, 0) is 30.2 Å². The first-order chi connectivity index (χ1) is 8.20. The molecule has 0 unspecified atom stereocenters. The lowest BCUT2D eigenvalue weighted by molar-refractivity contribution is 0.352. The first-order valence-corrected chi connectivity index (χ1v) is 6.84. The van der Waals surface area contributed by atoms with E-state index in [2.05, 4.69) is 33.4 Å². The minimum atomic E-state index is 0.791. The first kappa shape index (κ1) is 12.9. The number of rotatable bonds is 4. The summed E-state index contributed by atoms with van der Waals surface area (Å²) in [6.07, 6.45) is 1.00. The second-order valence-electron chi connectivity index (χ2n) is 4.21. The van der Waals surface area contributed by atoms with Gasteiger partial charge in [-0.15, -0.1) is 0 Å². The molecule has 17 heavy (non-hydrogen) atoms. The Balaban J connectivity index is 2.06. The van der Waals surface area contributed by atoms with Crippen LogP contribution >= 0.6 is 27.5 Å². The largest absolute Gasteiger partial charge is 0.493 e. The topological polar surface area (TPSA) is 21.3 Å². The fraction of sp³-hybridized carbons (Fsp3) is 0.385. The SMILES string of the molecule is C/C(=C/Cl)CNCc1cc(Br)cc2c1OCC2. The molecule has 0 spiro atoms. The summed E-state index contributed by atoms with van der Waals surface area (Å²) < 4.78 is 6.78. The molecule has 1 aromatic rings. The molecular formula is C13H15BrClNO. The molecule has 0 radical (unpaired) electrons. The standard InChI is InChI=1S/C13H15BrClNO/c1-9(6-15)7-16-8-11-5-12(14)4-10-2-3-17-13(10)11/h4-6,16H,2-3,7-8H2,1H3/b9-6-. The van der Waals surface area contributed by atoms with Crippen LogP contribution in [0.25, 0.3) is 0 Å². The number of hydrogen-bond acceptors (Lipinski definition) is 2. The predicted octanol–water partition coefficient (Wildman–Crippen LogP) is 3.62. The van der Waals surface area contributed by atoms with Gasteiger partial charge in [-0.2, -0.15) is 0 Å². The summed E-state index contributed by atoms with van der Waals surface area (Å²) in [6.45, 7) is 4.38. The molecule has 2 nitrogen and oxygen atoms in total. The second kappa shape index (κ2) is 5.89. The van der Waals surface area contributed by atoms with Crippen molar-refractivity contribution in [1.29, 1.82) is 0 Å². The number of benzene rings is 1. The minimum Gasteiger partial charge on any atom is -0.493 e. The lowest BCUT2D eigenvalue weighted by Gasteiger charge is -2.10. The summed E-state index contributed by atoms with van der Waals surface area (Å²) in [6, 6.07) is 4.24. The number of halogens is 2. The predicted molar refractivity (Wildman–Crippen MR) is 74.7 cm³/mol. The van der Waals surface area contributed by atoms with Gasteiger partial charge in [-0.3, -0.25) is 0 Å². The molecule has 1 aliphatic heterocycles. The first-order valence-electron chi connectivity index (χ1n) is 5.61. The van der Waals surface area contributed by atoms with E-state index in [1.807, 2.05) is 6.92 Å². The summed E-state index contributed by atoms with van der Waals surface area (Å²) in [5.74, 6) is 1.05. The van der Waals surface area contributed by atoms with Crippen LogP contribution in [0.4, 0.5) is 0 Å². The van der Waals surface area contributed by atoms with Crippen LogP contribution in [0.2, 0.25) is 0 Å². The van der Waals surface area contributed by atoms with E-state index in [0.717, 1.165) is 41.9 Å². The highest BCUT2D eigenvalue weighted by Crippen LogP contribution is 2.32. The maximum Gasteiger partial charge on any atom is 0.127 e. The molecule has 0 atom stereocenters.